The third-order valence-corrected chi connectivity index (χ3v) is 4.87. The van der Waals surface area contributed by atoms with Crippen LogP contribution in [0.5, 0.6) is 5.75 Å². The Morgan fingerprint density at radius 1 is 1.42 bits per heavy atom. The summed E-state index contributed by atoms with van der Waals surface area (Å²) >= 11 is 5.96. The van der Waals surface area contributed by atoms with Crippen molar-refractivity contribution in [2.45, 2.75) is 19.1 Å². The van der Waals surface area contributed by atoms with Crippen molar-refractivity contribution in [1.82, 2.24) is 0 Å². The van der Waals surface area contributed by atoms with Gasteiger partial charge in [-0.15, -0.1) is 0 Å². The molecule has 0 aliphatic carbocycles. The highest BCUT2D eigenvalue weighted by atomic mass is 35.5. The van der Waals surface area contributed by atoms with E-state index in [1.807, 2.05) is 0 Å². The number of aliphatic hydroxyl groups excluding tert-OH is 1. The van der Waals surface area contributed by atoms with Crippen molar-refractivity contribution in [1.29, 1.82) is 0 Å². The maximum absolute atomic E-state index is 11.4. The Labute approximate surface area is 116 Å². The van der Waals surface area contributed by atoms with E-state index in [1.54, 1.807) is 6.07 Å². The molecular weight excluding hydrogens is 292 g/mol. The first-order valence-corrected chi connectivity index (χ1v) is 7.84. The average molecular weight is 305 g/mol. The second kappa shape index (κ2) is 5.11. The second-order valence-electron chi connectivity index (χ2n) is 4.50. The minimum atomic E-state index is -3.27. The lowest BCUT2D eigenvalue weighted by atomic mass is 10.1. The molecule has 2 rings (SSSR count). The van der Waals surface area contributed by atoms with Crippen molar-refractivity contribution in [3.63, 3.8) is 0 Å². The van der Waals surface area contributed by atoms with Crippen molar-refractivity contribution in [3.8, 4) is 5.75 Å². The minimum Gasteiger partial charge on any atom is -0.485 e. The minimum absolute atomic E-state index is 0.128. The van der Waals surface area contributed by atoms with Crippen LogP contribution in [-0.2, 0) is 9.84 Å². The molecule has 0 spiro atoms. The topological polar surface area (TPSA) is 80.7 Å². The third kappa shape index (κ3) is 3.26. The van der Waals surface area contributed by atoms with Crippen molar-refractivity contribution >= 4 is 27.2 Å². The van der Waals surface area contributed by atoms with E-state index >= 15 is 0 Å². The van der Waals surface area contributed by atoms with E-state index in [0.717, 1.165) is 0 Å². The van der Waals surface area contributed by atoms with Gasteiger partial charge in [-0.2, -0.15) is 0 Å². The number of ketones is 1. The van der Waals surface area contributed by atoms with Crippen LogP contribution >= 0.6 is 11.6 Å². The van der Waals surface area contributed by atoms with Gasteiger partial charge in [0.25, 0.3) is 0 Å². The van der Waals surface area contributed by atoms with Gasteiger partial charge in [0.05, 0.1) is 16.5 Å². The fourth-order valence-electron chi connectivity index (χ4n) is 1.89. The molecule has 2 unspecified atom stereocenters. The Hall–Kier alpha value is -1.11. The number of rotatable bonds is 3. The van der Waals surface area contributed by atoms with E-state index in [1.165, 1.54) is 19.1 Å². The maximum atomic E-state index is 11.4. The number of carbonyl (C=O) groups is 1. The summed E-state index contributed by atoms with van der Waals surface area (Å²) in [6.45, 7) is 1.42. The van der Waals surface area contributed by atoms with Crippen molar-refractivity contribution in [2.24, 2.45) is 0 Å². The molecule has 104 valence electrons. The molecule has 1 heterocycles. The lowest BCUT2D eigenvalue weighted by molar-refractivity contribution is 0.0738. The molecule has 2 atom stereocenters. The van der Waals surface area contributed by atoms with E-state index in [0.29, 0.717) is 5.56 Å². The number of hydrogen-bond acceptors (Lipinski definition) is 5. The van der Waals surface area contributed by atoms with Crippen LogP contribution in [0.15, 0.2) is 18.2 Å². The zero-order valence-corrected chi connectivity index (χ0v) is 11.7. The first kappa shape index (κ1) is 14.3. The summed E-state index contributed by atoms with van der Waals surface area (Å²) < 4.78 is 28.1. The molecule has 1 N–H and O–H groups in total. The van der Waals surface area contributed by atoms with Crippen LogP contribution < -0.4 is 4.74 Å². The molecule has 0 saturated carbocycles. The zero-order valence-electron chi connectivity index (χ0n) is 10.2. The highest BCUT2D eigenvalue weighted by Crippen LogP contribution is 2.29. The van der Waals surface area contributed by atoms with E-state index in [4.69, 9.17) is 16.3 Å². The van der Waals surface area contributed by atoms with Crippen molar-refractivity contribution in [2.75, 3.05) is 11.5 Å². The number of halogens is 1. The van der Waals surface area contributed by atoms with Crippen LogP contribution in [-0.4, -0.2) is 43.0 Å². The number of benzene rings is 1. The van der Waals surface area contributed by atoms with Crippen molar-refractivity contribution < 1.29 is 23.1 Å². The highest BCUT2D eigenvalue weighted by molar-refractivity contribution is 7.91. The second-order valence-corrected chi connectivity index (χ2v) is 7.06. The summed E-state index contributed by atoms with van der Waals surface area (Å²) in [6, 6.07) is 4.49. The van der Waals surface area contributed by atoms with Gasteiger partial charge in [-0.1, -0.05) is 11.6 Å². The number of Topliss-reactive ketones (excluding diaryl/α,β-unsaturated/α-hetero) is 1. The molecule has 1 aliphatic rings. The zero-order chi connectivity index (χ0) is 14.2. The number of aliphatic hydroxyl groups is 1. The molecule has 1 aromatic carbocycles. The molecule has 0 aromatic heterocycles. The van der Waals surface area contributed by atoms with Gasteiger partial charge in [-0.05, 0) is 25.1 Å². The predicted octanol–water partition coefficient (Wildman–Crippen LogP) is 1.08. The lowest BCUT2D eigenvalue weighted by Gasteiger charge is -2.16. The van der Waals surface area contributed by atoms with Gasteiger partial charge >= 0.3 is 0 Å². The van der Waals surface area contributed by atoms with Gasteiger partial charge in [-0.3, -0.25) is 4.79 Å². The normalized spacial score (nSPS) is 25.2. The van der Waals surface area contributed by atoms with Gasteiger partial charge in [0.1, 0.15) is 18.0 Å². The van der Waals surface area contributed by atoms with E-state index in [-0.39, 0.29) is 28.1 Å². The van der Waals surface area contributed by atoms with Crippen LogP contribution in [0.25, 0.3) is 0 Å². The first-order chi connectivity index (χ1) is 8.78. The molecule has 19 heavy (non-hydrogen) atoms. The SMILES string of the molecule is CC(=O)c1ccc(OC2CS(=O)(=O)CC2O)c(Cl)c1. The number of ether oxygens (including phenoxy) is 1. The fraction of sp³-hybridized carbons (Fsp3) is 0.417. The lowest BCUT2D eigenvalue weighted by Crippen LogP contribution is -2.29. The predicted molar refractivity (Wildman–Crippen MR) is 70.5 cm³/mol. The largest absolute Gasteiger partial charge is 0.485 e. The van der Waals surface area contributed by atoms with Crippen LogP contribution in [0.1, 0.15) is 17.3 Å². The van der Waals surface area contributed by atoms with Crippen LogP contribution in [0, 0.1) is 0 Å². The maximum Gasteiger partial charge on any atom is 0.159 e. The first-order valence-electron chi connectivity index (χ1n) is 5.64. The van der Waals surface area contributed by atoms with Gasteiger partial charge in [0.2, 0.25) is 0 Å². The van der Waals surface area contributed by atoms with Crippen LogP contribution in [0.4, 0.5) is 0 Å². The van der Waals surface area contributed by atoms with Gasteiger partial charge in [-0.25, -0.2) is 8.42 Å². The summed E-state index contributed by atoms with van der Waals surface area (Å²) in [5, 5.41) is 9.83. The molecule has 1 fully saturated rings. The van der Waals surface area contributed by atoms with E-state index in [2.05, 4.69) is 0 Å². The van der Waals surface area contributed by atoms with Gasteiger partial charge < -0.3 is 9.84 Å². The number of carbonyl (C=O) groups excluding carboxylic acids is 1. The molecule has 0 bridgehead atoms. The van der Waals surface area contributed by atoms with Crippen LogP contribution in [0.2, 0.25) is 5.02 Å². The molecule has 0 amide bonds. The standard InChI is InChI=1S/C12H13ClO5S/c1-7(14)8-2-3-11(9(13)4-8)18-12-6-19(16,17)5-10(12)15/h2-4,10,12,15H,5-6H2,1H3. The van der Waals surface area contributed by atoms with E-state index < -0.39 is 22.0 Å². The van der Waals surface area contributed by atoms with Crippen LogP contribution in [0.3, 0.4) is 0 Å². The Bertz CT molecular complexity index is 611. The highest BCUT2D eigenvalue weighted by Gasteiger charge is 2.38. The molecule has 5 nitrogen and oxygen atoms in total. The molecule has 0 radical (unpaired) electrons. The Morgan fingerprint density at radius 2 is 2.11 bits per heavy atom. The van der Waals surface area contributed by atoms with Crippen molar-refractivity contribution in [3.05, 3.63) is 28.8 Å². The molecule has 1 saturated heterocycles. The molecule has 1 aromatic rings. The smallest absolute Gasteiger partial charge is 0.159 e. The van der Waals surface area contributed by atoms with E-state index in [9.17, 15) is 18.3 Å². The third-order valence-electron chi connectivity index (χ3n) is 2.89. The monoisotopic (exact) mass is 304 g/mol. The Kier molecular flexibility index (Phi) is 3.85. The van der Waals surface area contributed by atoms with Gasteiger partial charge in [0, 0.05) is 5.56 Å². The van der Waals surface area contributed by atoms with Gasteiger partial charge in [0.15, 0.2) is 15.6 Å². The summed E-state index contributed by atoms with van der Waals surface area (Å²) in [5.41, 5.74) is 0.442. The summed E-state index contributed by atoms with van der Waals surface area (Å²) in [5.74, 6) is -0.413. The fourth-order valence-corrected chi connectivity index (χ4v) is 3.77. The molecular formula is C12H13ClO5S. The number of sulfone groups is 1. The Morgan fingerprint density at radius 3 is 2.58 bits per heavy atom. The quantitative estimate of drug-likeness (QED) is 0.845. The average Bonchev–Trinajstić information content (AvgIpc) is 2.54. The Balaban J connectivity index is 2.18. The number of hydrogen-bond donors (Lipinski definition) is 1. The summed E-state index contributed by atoms with van der Waals surface area (Å²) in [4.78, 5) is 11.2. The summed E-state index contributed by atoms with van der Waals surface area (Å²) in [6.07, 6.45) is -1.89. The molecule has 7 heteroatoms. The molecule has 1 aliphatic heterocycles. The summed E-state index contributed by atoms with van der Waals surface area (Å²) in [7, 11) is -3.27.